The highest BCUT2D eigenvalue weighted by molar-refractivity contribution is 7.21. The van der Waals surface area contributed by atoms with E-state index in [1.54, 1.807) is 11.3 Å². The molecule has 0 atom stereocenters. The average molecular weight is 449 g/mol. The number of aryl methyl sites for hydroxylation is 1. The molecule has 0 saturated heterocycles. The number of amides is 1. The first-order valence-corrected chi connectivity index (χ1v) is 11.7. The van der Waals surface area contributed by atoms with Crippen LogP contribution in [0.2, 0.25) is 0 Å². The number of anilines is 2. The van der Waals surface area contributed by atoms with E-state index in [0.717, 1.165) is 32.0 Å². The Balaban J connectivity index is 1.43. The Hall–Kier alpha value is -3.07. The molecule has 5 aromatic rings. The van der Waals surface area contributed by atoms with Gasteiger partial charge in [0.15, 0.2) is 5.13 Å². The zero-order valence-corrected chi connectivity index (χ0v) is 18.3. The number of carbonyl (C=O) groups is 1. The van der Waals surface area contributed by atoms with Crippen molar-refractivity contribution in [2.24, 2.45) is 0 Å². The molecule has 0 radical (unpaired) electrons. The normalized spacial score (nSPS) is 11.1. The lowest BCUT2D eigenvalue weighted by Gasteiger charge is -2.02. The van der Waals surface area contributed by atoms with Crippen LogP contribution < -0.4 is 11.1 Å². The van der Waals surface area contributed by atoms with Crippen LogP contribution in [0.5, 0.6) is 0 Å². The number of hydrogen-bond acceptors (Lipinski definition) is 7. The first-order chi connectivity index (χ1) is 14.6. The van der Waals surface area contributed by atoms with Gasteiger partial charge in [-0.1, -0.05) is 35.9 Å². The molecule has 0 spiro atoms. The molecule has 0 fully saturated rings. The number of nitrogens with zero attached hydrogens (tertiary/aromatic N) is 2. The molecule has 8 heteroatoms. The van der Waals surface area contributed by atoms with E-state index < -0.39 is 0 Å². The van der Waals surface area contributed by atoms with Crippen LogP contribution in [0.1, 0.15) is 15.2 Å². The number of nitrogens with one attached hydrogen (secondary N) is 1. The second-order valence-electron chi connectivity index (χ2n) is 6.73. The van der Waals surface area contributed by atoms with E-state index in [-0.39, 0.29) is 5.91 Å². The first-order valence-electron chi connectivity index (χ1n) is 9.15. The SMILES string of the molecule is Cc1ccc(-c2ccc3c(N)c(C(=O)Nc4nc(-c5cccs5)cs4)sc3n2)cc1. The zero-order valence-electron chi connectivity index (χ0n) is 15.9. The minimum atomic E-state index is -0.264. The molecular formula is C22H16N4OS3. The third-order valence-corrected chi connectivity index (χ3v) is 7.41. The van der Waals surface area contributed by atoms with Gasteiger partial charge in [0.25, 0.3) is 5.91 Å². The van der Waals surface area contributed by atoms with Crippen molar-refractivity contribution in [2.45, 2.75) is 6.92 Å². The number of nitrogens with two attached hydrogens (primary N) is 1. The van der Waals surface area contributed by atoms with Crippen molar-refractivity contribution in [3.8, 4) is 21.8 Å². The number of thiazole rings is 1. The maximum atomic E-state index is 12.9. The van der Waals surface area contributed by atoms with Crippen molar-refractivity contribution >= 4 is 61.0 Å². The summed E-state index contributed by atoms with van der Waals surface area (Å²) in [4.78, 5) is 24.4. The van der Waals surface area contributed by atoms with Gasteiger partial charge in [-0.2, -0.15) is 0 Å². The Bertz CT molecular complexity index is 1350. The monoisotopic (exact) mass is 448 g/mol. The molecule has 3 N–H and O–H groups in total. The lowest BCUT2D eigenvalue weighted by atomic mass is 10.1. The molecule has 4 heterocycles. The molecule has 5 rings (SSSR count). The summed E-state index contributed by atoms with van der Waals surface area (Å²) in [6, 6.07) is 16.1. The number of nitrogen functional groups attached to an aromatic ring is 1. The van der Waals surface area contributed by atoms with Crippen LogP contribution in [-0.2, 0) is 0 Å². The lowest BCUT2D eigenvalue weighted by Crippen LogP contribution is -2.11. The van der Waals surface area contributed by atoms with E-state index in [0.29, 0.717) is 15.7 Å². The Morgan fingerprint density at radius 1 is 1.00 bits per heavy atom. The Labute approximate surface area is 184 Å². The molecule has 0 saturated carbocycles. The fraction of sp³-hybridized carbons (Fsp3) is 0.0455. The highest BCUT2D eigenvalue weighted by Gasteiger charge is 2.19. The Morgan fingerprint density at radius 3 is 2.60 bits per heavy atom. The second-order valence-corrected chi connectivity index (χ2v) is 9.53. The van der Waals surface area contributed by atoms with Crippen LogP contribution in [-0.4, -0.2) is 15.9 Å². The fourth-order valence-electron chi connectivity index (χ4n) is 3.07. The number of rotatable bonds is 4. The summed E-state index contributed by atoms with van der Waals surface area (Å²) >= 11 is 4.31. The van der Waals surface area contributed by atoms with Crippen LogP contribution in [0.3, 0.4) is 0 Å². The number of carbonyl (C=O) groups excluding carboxylic acids is 1. The summed E-state index contributed by atoms with van der Waals surface area (Å²) in [6.07, 6.45) is 0. The fourth-order valence-corrected chi connectivity index (χ4v) is 5.53. The third-order valence-electron chi connectivity index (χ3n) is 4.65. The van der Waals surface area contributed by atoms with E-state index in [2.05, 4.69) is 29.4 Å². The van der Waals surface area contributed by atoms with Crippen LogP contribution >= 0.6 is 34.0 Å². The molecule has 0 bridgehead atoms. The molecule has 1 amide bonds. The molecule has 0 aliphatic rings. The quantitative estimate of drug-likeness (QED) is 0.338. The van der Waals surface area contributed by atoms with Gasteiger partial charge < -0.3 is 5.73 Å². The maximum absolute atomic E-state index is 12.9. The van der Waals surface area contributed by atoms with Gasteiger partial charge in [-0.15, -0.1) is 34.0 Å². The van der Waals surface area contributed by atoms with E-state index in [9.17, 15) is 4.79 Å². The molecule has 0 unspecified atom stereocenters. The van der Waals surface area contributed by atoms with Gasteiger partial charge >= 0.3 is 0 Å². The molecule has 0 aliphatic heterocycles. The van der Waals surface area contributed by atoms with E-state index in [1.807, 2.05) is 47.2 Å². The van der Waals surface area contributed by atoms with Gasteiger partial charge in [0.2, 0.25) is 0 Å². The summed E-state index contributed by atoms with van der Waals surface area (Å²) in [6.45, 7) is 2.05. The van der Waals surface area contributed by atoms with Gasteiger partial charge in [0, 0.05) is 16.3 Å². The van der Waals surface area contributed by atoms with Crippen molar-refractivity contribution in [3.63, 3.8) is 0 Å². The van der Waals surface area contributed by atoms with E-state index >= 15 is 0 Å². The van der Waals surface area contributed by atoms with Gasteiger partial charge in [-0.25, -0.2) is 9.97 Å². The van der Waals surface area contributed by atoms with Crippen LogP contribution in [0.25, 0.3) is 32.0 Å². The number of thiophene rings is 2. The predicted octanol–water partition coefficient (Wildman–Crippen LogP) is 6.29. The number of fused-ring (bicyclic) bond motifs is 1. The van der Waals surface area contributed by atoms with Gasteiger partial charge in [-0.05, 0) is 30.5 Å². The summed E-state index contributed by atoms with van der Waals surface area (Å²) in [5.74, 6) is -0.264. The molecule has 0 aliphatic carbocycles. The summed E-state index contributed by atoms with van der Waals surface area (Å²) in [5.41, 5.74) is 10.7. The number of pyridine rings is 1. The maximum Gasteiger partial charge on any atom is 0.269 e. The first kappa shape index (κ1) is 18.9. The minimum absolute atomic E-state index is 0.264. The number of hydrogen-bond donors (Lipinski definition) is 2. The van der Waals surface area contributed by atoms with E-state index in [4.69, 9.17) is 10.7 Å². The van der Waals surface area contributed by atoms with Crippen molar-refractivity contribution in [1.82, 2.24) is 9.97 Å². The summed E-state index contributed by atoms with van der Waals surface area (Å²) in [5, 5.41) is 8.15. The Morgan fingerprint density at radius 2 is 1.83 bits per heavy atom. The summed E-state index contributed by atoms with van der Waals surface area (Å²) < 4.78 is 0. The highest BCUT2D eigenvalue weighted by atomic mass is 32.1. The van der Waals surface area contributed by atoms with Crippen LogP contribution in [0.15, 0.2) is 59.3 Å². The number of aromatic nitrogens is 2. The molecule has 30 heavy (non-hydrogen) atoms. The standard InChI is InChI=1S/C22H16N4OS3/c1-12-4-6-13(7-5-12)15-9-8-14-18(23)19(30-21(14)24-15)20(27)26-22-25-16(11-29-22)17-3-2-10-28-17/h2-11H,23H2,1H3,(H,25,26,27). The topological polar surface area (TPSA) is 80.9 Å². The van der Waals surface area contributed by atoms with Crippen molar-refractivity contribution in [1.29, 1.82) is 0 Å². The highest BCUT2D eigenvalue weighted by Crippen LogP contribution is 2.35. The number of benzene rings is 1. The van der Waals surface area contributed by atoms with E-state index in [1.165, 1.54) is 28.2 Å². The van der Waals surface area contributed by atoms with Gasteiger partial charge in [0.1, 0.15) is 9.71 Å². The average Bonchev–Trinajstić information content (AvgIpc) is 3.49. The van der Waals surface area contributed by atoms with Crippen LogP contribution in [0.4, 0.5) is 10.8 Å². The van der Waals surface area contributed by atoms with Crippen molar-refractivity contribution < 1.29 is 4.79 Å². The molecule has 1 aromatic carbocycles. The second kappa shape index (κ2) is 7.64. The molecule has 5 nitrogen and oxygen atoms in total. The van der Waals surface area contributed by atoms with Crippen molar-refractivity contribution in [3.05, 3.63) is 69.7 Å². The minimum Gasteiger partial charge on any atom is -0.397 e. The predicted molar refractivity (Wildman–Crippen MR) is 128 cm³/mol. The zero-order chi connectivity index (χ0) is 20.7. The van der Waals surface area contributed by atoms with Crippen LogP contribution in [0, 0.1) is 6.92 Å². The molecular weight excluding hydrogens is 432 g/mol. The summed E-state index contributed by atoms with van der Waals surface area (Å²) in [7, 11) is 0. The lowest BCUT2D eigenvalue weighted by molar-refractivity contribution is 0.103. The van der Waals surface area contributed by atoms with Gasteiger partial charge in [-0.3, -0.25) is 10.1 Å². The van der Waals surface area contributed by atoms with Gasteiger partial charge in [0.05, 0.1) is 22.0 Å². The molecule has 148 valence electrons. The third kappa shape index (κ3) is 3.49. The largest absolute Gasteiger partial charge is 0.397 e. The molecule has 4 aromatic heterocycles. The van der Waals surface area contributed by atoms with Crippen molar-refractivity contribution in [2.75, 3.05) is 11.1 Å². The smallest absolute Gasteiger partial charge is 0.269 e. The Kier molecular flexibility index (Phi) is 4.82.